The van der Waals surface area contributed by atoms with E-state index in [9.17, 15) is 18.9 Å². The Bertz CT molecular complexity index is 922. The van der Waals surface area contributed by atoms with Crippen LogP contribution in [0.25, 0.3) is 0 Å². The molecule has 0 radical (unpaired) electrons. The molecule has 1 aromatic rings. The Kier molecular flexibility index (Phi) is 5.01. The third-order valence-corrected chi connectivity index (χ3v) is 9.05. The van der Waals surface area contributed by atoms with Gasteiger partial charge in [-0.1, -0.05) is 25.5 Å². The van der Waals surface area contributed by atoms with Gasteiger partial charge < -0.3 is 19.0 Å². The topological polar surface area (TPSA) is 103 Å². The Morgan fingerprint density at radius 3 is 2.70 bits per heavy atom. The van der Waals surface area contributed by atoms with E-state index in [0.29, 0.717) is 19.3 Å². The fraction of sp³-hybridized carbons (Fsp3) is 0.636. The van der Waals surface area contributed by atoms with Crippen LogP contribution in [0.5, 0.6) is 0 Å². The zero-order valence-corrected chi connectivity index (χ0v) is 18.5. The summed E-state index contributed by atoms with van der Waals surface area (Å²) in [5, 5.41) is 11.0. The van der Waals surface area contributed by atoms with Crippen LogP contribution in [-0.2, 0) is 29.9 Å². The third-order valence-electron chi connectivity index (χ3n) is 7.72. The van der Waals surface area contributed by atoms with Crippen molar-refractivity contribution >= 4 is 22.7 Å². The number of hydrogen-bond acceptors (Lipinski definition) is 7. The van der Waals surface area contributed by atoms with Gasteiger partial charge in [0.05, 0.1) is 30.8 Å². The van der Waals surface area contributed by atoms with E-state index in [-0.39, 0.29) is 18.3 Å². The van der Waals surface area contributed by atoms with E-state index in [0.717, 1.165) is 11.1 Å². The molecule has 0 amide bonds. The van der Waals surface area contributed by atoms with E-state index in [1.165, 1.54) is 13.4 Å². The number of aliphatic hydroxyl groups is 1. The number of ether oxygens (including phenoxy) is 2. The van der Waals surface area contributed by atoms with Gasteiger partial charge in [-0.05, 0) is 31.7 Å². The first-order valence-electron chi connectivity index (χ1n) is 10.2. The van der Waals surface area contributed by atoms with E-state index < -0.39 is 44.6 Å². The quantitative estimate of drug-likeness (QED) is 0.574. The number of allylic oxidation sites excluding steroid dienone is 1. The van der Waals surface area contributed by atoms with Gasteiger partial charge in [0.2, 0.25) is 0 Å². The van der Waals surface area contributed by atoms with Crippen LogP contribution in [0.2, 0.25) is 0 Å². The molecule has 3 aliphatic rings. The highest BCUT2D eigenvalue weighted by Crippen LogP contribution is 2.65. The molecule has 1 saturated carbocycles. The number of carbonyl (C=O) groups is 2. The van der Waals surface area contributed by atoms with E-state index in [4.69, 9.17) is 13.9 Å². The minimum Gasteiger partial charge on any atom is -0.472 e. The molecule has 30 heavy (non-hydrogen) atoms. The van der Waals surface area contributed by atoms with Crippen LogP contribution in [0.3, 0.4) is 0 Å². The summed E-state index contributed by atoms with van der Waals surface area (Å²) in [6.45, 7) is 3.85. The van der Waals surface area contributed by atoms with Crippen molar-refractivity contribution < 1.29 is 32.8 Å². The van der Waals surface area contributed by atoms with Crippen molar-refractivity contribution in [1.29, 1.82) is 0 Å². The molecule has 0 aromatic carbocycles. The summed E-state index contributed by atoms with van der Waals surface area (Å²) in [6.07, 6.45) is 7.77. The highest BCUT2D eigenvalue weighted by Gasteiger charge is 2.68. The third kappa shape index (κ3) is 2.69. The number of cyclic esters (lactones) is 1. The molecule has 2 fully saturated rings. The molecule has 1 N–H and O–H groups in total. The van der Waals surface area contributed by atoms with Gasteiger partial charge in [-0.15, -0.1) is 0 Å². The fourth-order valence-corrected chi connectivity index (χ4v) is 7.32. The Hall–Kier alpha value is -1.93. The molecule has 164 valence electrons. The number of methoxy groups -OCH3 is 1. The Morgan fingerprint density at radius 2 is 2.10 bits per heavy atom. The van der Waals surface area contributed by atoms with E-state index in [2.05, 4.69) is 0 Å². The molecule has 0 spiro atoms. The summed E-state index contributed by atoms with van der Waals surface area (Å²) in [5.74, 6) is -1.42. The molecule has 1 aromatic heterocycles. The number of fused-ring (bicyclic) bond motifs is 3. The van der Waals surface area contributed by atoms with Crippen LogP contribution in [-0.4, -0.2) is 45.5 Å². The average molecular weight is 437 g/mol. The Balaban J connectivity index is 1.84. The zero-order valence-electron chi connectivity index (χ0n) is 17.7. The van der Waals surface area contributed by atoms with Gasteiger partial charge in [0.15, 0.2) is 5.60 Å². The van der Waals surface area contributed by atoms with Crippen molar-refractivity contribution in [1.82, 2.24) is 0 Å². The minimum absolute atomic E-state index is 0.271. The minimum atomic E-state index is -1.94. The molecule has 1 saturated heterocycles. The van der Waals surface area contributed by atoms with Crippen molar-refractivity contribution in [3.05, 3.63) is 35.8 Å². The monoisotopic (exact) mass is 436 g/mol. The summed E-state index contributed by atoms with van der Waals surface area (Å²) in [5.41, 5.74) is -1.93. The molecule has 0 bridgehead atoms. The molecule has 7 nitrogen and oxygen atoms in total. The maximum absolute atomic E-state index is 13.0. The molecule has 2 heterocycles. The van der Waals surface area contributed by atoms with Gasteiger partial charge in [-0.2, -0.15) is 0 Å². The van der Waals surface area contributed by atoms with Crippen molar-refractivity contribution in [2.75, 3.05) is 13.4 Å². The van der Waals surface area contributed by atoms with Gasteiger partial charge in [-0.3, -0.25) is 9.00 Å². The highest BCUT2D eigenvalue weighted by molar-refractivity contribution is 7.85. The number of rotatable bonds is 3. The lowest BCUT2D eigenvalue weighted by molar-refractivity contribution is -0.190. The second-order valence-electron chi connectivity index (χ2n) is 9.13. The van der Waals surface area contributed by atoms with E-state index in [1.807, 2.05) is 19.9 Å². The molecule has 2 aliphatic carbocycles. The van der Waals surface area contributed by atoms with Crippen molar-refractivity contribution in [3.63, 3.8) is 0 Å². The second kappa shape index (κ2) is 7.05. The molecule has 8 heteroatoms. The van der Waals surface area contributed by atoms with Crippen molar-refractivity contribution in [3.8, 4) is 0 Å². The molecule has 1 aliphatic heterocycles. The summed E-state index contributed by atoms with van der Waals surface area (Å²) in [4.78, 5) is 25.9. The van der Waals surface area contributed by atoms with E-state index in [1.54, 1.807) is 18.6 Å². The lowest BCUT2D eigenvalue weighted by atomic mass is 9.46. The molecule has 0 unspecified atom stereocenters. The highest BCUT2D eigenvalue weighted by atomic mass is 32.2. The number of carbonyl (C=O) groups excluding carboxylic acids is 2. The SMILES string of the molecule is COC(=O)[C@@]1(O)[C@H]([S@@](C)=O)CC=C2[C@]3(C)C[C@@H](c4ccoc4)OC(=O)[C@@H]3CC[C@]21C. The zero-order chi connectivity index (χ0) is 21.9. The Morgan fingerprint density at radius 1 is 1.37 bits per heavy atom. The number of hydrogen-bond donors (Lipinski definition) is 1. The van der Waals surface area contributed by atoms with Gasteiger partial charge in [0.1, 0.15) is 6.10 Å². The first-order valence-corrected chi connectivity index (χ1v) is 11.8. The predicted molar refractivity (Wildman–Crippen MR) is 109 cm³/mol. The smallest absolute Gasteiger partial charge is 0.340 e. The second-order valence-corrected chi connectivity index (χ2v) is 10.7. The molecular weight excluding hydrogens is 408 g/mol. The van der Waals surface area contributed by atoms with Gasteiger partial charge in [0, 0.05) is 33.4 Å². The van der Waals surface area contributed by atoms with Crippen LogP contribution in [0.1, 0.15) is 51.2 Å². The van der Waals surface area contributed by atoms with Gasteiger partial charge in [-0.25, -0.2) is 4.79 Å². The van der Waals surface area contributed by atoms with Crippen LogP contribution in [0.15, 0.2) is 34.7 Å². The lowest BCUT2D eigenvalue weighted by Gasteiger charge is -2.60. The fourth-order valence-electron chi connectivity index (χ4n) is 6.12. The molecule has 7 atom stereocenters. The van der Waals surface area contributed by atoms with Crippen LogP contribution >= 0.6 is 0 Å². The number of furan rings is 1. The van der Waals surface area contributed by atoms with E-state index >= 15 is 0 Å². The molecular formula is C22H28O7S. The van der Waals surface area contributed by atoms with Crippen molar-refractivity contribution in [2.24, 2.45) is 16.7 Å². The summed E-state index contributed by atoms with van der Waals surface area (Å²) < 4.78 is 28.4. The first-order chi connectivity index (χ1) is 14.1. The maximum Gasteiger partial charge on any atom is 0.340 e. The van der Waals surface area contributed by atoms with Crippen LogP contribution in [0, 0.1) is 16.7 Å². The average Bonchev–Trinajstić information content (AvgIpc) is 3.22. The van der Waals surface area contributed by atoms with Gasteiger partial charge in [0.25, 0.3) is 0 Å². The summed E-state index contributed by atoms with van der Waals surface area (Å²) in [6, 6.07) is 1.78. The number of esters is 2. The molecule has 4 rings (SSSR count). The summed E-state index contributed by atoms with van der Waals surface area (Å²) >= 11 is 0. The lowest BCUT2D eigenvalue weighted by Crippen LogP contribution is -2.68. The van der Waals surface area contributed by atoms with Gasteiger partial charge >= 0.3 is 11.9 Å². The Labute approximate surface area is 178 Å². The predicted octanol–water partition coefficient (Wildman–Crippen LogP) is 2.67. The van der Waals surface area contributed by atoms with Crippen LogP contribution < -0.4 is 0 Å². The normalized spacial score (nSPS) is 41.7. The summed E-state index contributed by atoms with van der Waals surface area (Å²) in [7, 11) is -0.212. The van der Waals surface area contributed by atoms with Crippen molar-refractivity contribution in [2.45, 2.75) is 56.5 Å². The largest absolute Gasteiger partial charge is 0.472 e. The van der Waals surface area contributed by atoms with Crippen LogP contribution in [0.4, 0.5) is 0 Å². The first kappa shape index (κ1) is 21.3. The standard InChI is InChI=1S/C22H28O7S/c1-20-11-15(13-8-10-28-12-13)29-18(23)14(20)7-9-21(2)16(20)5-6-17(30(4)26)22(21,25)19(24)27-3/h5,8,10,12,14-15,17,25H,6-7,9,11H2,1-4H3/t14-,15-,17+,20+,21+,22-,30+/m0/s1. The maximum atomic E-state index is 13.0.